The van der Waals surface area contributed by atoms with E-state index < -0.39 is 5.79 Å². The molecule has 0 aromatic rings. The van der Waals surface area contributed by atoms with Gasteiger partial charge in [0.15, 0.2) is 5.79 Å². The number of hydrogen-bond acceptors (Lipinski definition) is 2. The first-order chi connectivity index (χ1) is 3.71. The number of hydrogen-bond donors (Lipinski definition) is 2. The summed E-state index contributed by atoms with van der Waals surface area (Å²) in [6.07, 6.45) is 5.40. The van der Waals surface area contributed by atoms with Crippen LogP contribution in [-0.2, 0) is 0 Å². The van der Waals surface area contributed by atoms with E-state index in [0.29, 0.717) is 12.8 Å². The fourth-order valence-electron chi connectivity index (χ4n) is 0.806. The van der Waals surface area contributed by atoms with E-state index in [-0.39, 0.29) is 0 Å². The Morgan fingerprint density at radius 2 is 2.00 bits per heavy atom. The van der Waals surface area contributed by atoms with Gasteiger partial charge >= 0.3 is 0 Å². The summed E-state index contributed by atoms with van der Waals surface area (Å²) >= 11 is 0. The fourth-order valence-corrected chi connectivity index (χ4v) is 0.806. The molecule has 0 heterocycles. The summed E-state index contributed by atoms with van der Waals surface area (Å²) in [7, 11) is 0. The van der Waals surface area contributed by atoms with Gasteiger partial charge in [-0.25, -0.2) is 0 Å². The zero-order valence-electron chi connectivity index (χ0n) is 4.67. The number of allylic oxidation sites excluding steroid dienone is 1. The predicted octanol–water partition coefficient (Wildman–Crippen LogP) is 0.407. The molecule has 2 N–H and O–H groups in total. The Morgan fingerprint density at radius 1 is 1.25 bits per heavy atom. The molecule has 46 valence electrons. The summed E-state index contributed by atoms with van der Waals surface area (Å²) in [5, 5.41) is 17.8. The highest BCUT2D eigenvalue weighted by atomic mass is 16.5. The summed E-state index contributed by atoms with van der Waals surface area (Å²) in [4.78, 5) is 0. The molecule has 0 spiro atoms. The molecule has 0 unspecified atom stereocenters. The van der Waals surface area contributed by atoms with Gasteiger partial charge in [-0.3, -0.25) is 0 Å². The minimum atomic E-state index is -1.41. The van der Waals surface area contributed by atoms with E-state index in [2.05, 4.69) is 0 Å². The molecule has 1 aliphatic carbocycles. The normalized spacial score (nSPS) is 25.8. The molecule has 1 aliphatic rings. The molecule has 0 aliphatic heterocycles. The van der Waals surface area contributed by atoms with Gasteiger partial charge in [0.1, 0.15) is 0 Å². The van der Waals surface area contributed by atoms with Gasteiger partial charge in [0, 0.05) is 12.8 Å². The molecule has 1 rings (SSSR count). The topological polar surface area (TPSA) is 40.5 Å². The number of aliphatic hydroxyl groups is 2. The molecular formula is C6H10O2. The smallest absolute Gasteiger partial charge is 0.166 e. The second-order valence-electron chi connectivity index (χ2n) is 2.20. The first-order valence-electron chi connectivity index (χ1n) is 2.80. The van der Waals surface area contributed by atoms with E-state index in [1.807, 2.05) is 6.08 Å². The molecule has 0 amide bonds. The molecule has 2 nitrogen and oxygen atoms in total. The van der Waals surface area contributed by atoms with Gasteiger partial charge in [0.05, 0.1) is 0 Å². The minimum Gasteiger partial charge on any atom is -0.365 e. The first kappa shape index (κ1) is 5.79. The molecule has 0 saturated heterocycles. The first-order valence-corrected chi connectivity index (χ1v) is 2.80. The van der Waals surface area contributed by atoms with Crippen molar-refractivity contribution in [1.82, 2.24) is 0 Å². The predicted molar refractivity (Wildman–Crippen MR) is 30.2 cm³/mol. The molecule has 0 aromatic carbocycles. The van der Waals surface area contributed by atoms with Crippen molar-refractivity contribution < 1.29 is 10.2 Å². The van der Waals surface area contributed by atoms with E-state index in [0.717, 1.165) is 6.42 Å². The fraction of sp³-hybridized carbons (Fsp3) is 0.667. The van der Waals surface area contributed by atoms with Gasteiger partial charge in [-0.05, 0) is 6.42 Å². The van der Waals surface area contributed by atoms with Gasteiger partial charge in [-0.15, -0.1) is 0 Å². The van der Waals surface area contributed by atoms with Gasteiger partial charge in [0.2, 0.25) is 0 Å². The third kappa shape index (κ3) is 1.32. The molecule has 0 radical (unpaired) electrons. The van der Waals surface area contributed by atoms with Crippen molar-refractivity contribution in [3.05, 3.63) is 12.2 Å². The van der Waals surface area contributed by atoms with Crippen LogP contribution in [-0.4, -0.2) is 16.0 Å². The van der Waals surface area contributed by atoms with Gasteiger partial charge in [0.25, 0.3) is 0 Å². The SMILES string of the molecule is OC1(O)CC=CCC1. The standard InChI is InChI=1S/C6H10O2/c7-6(8)4-2-1-3-5-6/h1-2,7-8H,3-5H2. The third-order valence-corrected chi connectivity index (χ3v) is 1.32. The minimum absolute atomic E-state index is 0.382. The summed E-state index contributed by atoms with van der Waals surface area (Å²) in [6.45, 7) is 0. The molecule has 0 bridgehead atoms. The second-order valence-corrected chi connectivity index (χ2v) is 2.20. The highest BCUT2D eigenvalue weighted by Crippen LogP contribution is 2.18. The molecule has 0 saturated carbocycles. The van der Waals surface area contributed by atoms with Crippen LogP contribution in [0, 0.1) is 0 Å². The number of rotatable bonds is 0. The Morgan fingerprint density at radius 3 is 2.25 bits per heavy atom. The average molecular weight is 114 g/mol. The lowest BCUT2D eigenvalue weighted by Crippen LogP contribution is -2.28. The third-order valence-electron chi connectivity index (χ3n) is 1.32. The van der Waals surface area contributed by atoms with Crippen LogP contribution in [0.1, 0.15) is 19.3 Å². The molecule has 2 heteroatoms. The zero-order valence-corrected chi connectivity index (χ0v) is 4.67. The quantitative estimate of drug-likeness (QED) is 0.353. The largest absolute Gasteiger partial charge is 0.365 e. The van der Waals surface area contributed by atoms with E-state index >= 15 is 0 Å². The van der Waals surface area contributed by atoms with E-state index in [1.54, 1.807) is 6.08 Å². The lowest BCUT2D eigenvalue weighted by molar-refractivity contribution is -0.163. The maximum Gasteiger partial charge on any atom is 0.166 e. The van der Waals surface area contributed by atoms with Crippen molar-refractivity contribution in [2.24, 2.45) is 0 Å². The molecular weight excluding hydrogens is 104 g/mol. The van der Waals surface area contributed by atoms with Gasteiger partial charge in [-0.1, -0.05) is 12.2 Å². The van der Waals surface area contributed by atoms with E-state index in [9.17, 15) is 0 Å². The van der Waals surface area contributed by atoms with Crippen LogP contribution >= 0.6 is 0 Å². The Hall–Kier alpha value is -0.340. The lowest BCUT2D eigenvalue weighted by atomic mass is 10.0. The van der Waals surface area contributed by atoms with E-state index in [4.69, 9.17) is 10.2 Å². The zero-order chi connectivity index (χ0) is 6.04. The second kappa shape index (κ2) is 1.88. The highest BCUT2D eigenvalue weighted by Gasteiger charge is 2.21. The van der Waals surface area contributed by atoms with Crippen molar-refractivity contribution in [3.8, 4) is 0 Å². The molecule has 0 atom stereocenters. The summed E-state index contributed by atoms with van der Waals surface area (Å²) in [6, 6.07) is 0. The van der Waals surface area contributed by atoms with Crippen molar-refractivity contribution in [1.29, 1.82) is 0 Å². The van der Waals surface area contributed by atoms with Crippen LogP contribution in [0.15, 0.2) is 12.2 Å². The lowest BCUT2D eigenvalue weighted by Gasteiger charge is -2.21. The maximum atomic E-state index is 8.88. The maximum absolute atomic E-state index is 8.88. The Bertz CT molecular complexity index is 105. The Kier molecular flexibility index (Phi) is 1.36. The van der Waals surface area contributed by atoms with Crippen molar-refractivity contribution in [3.63, 3.8) is 0 Å². The average Bonchev–Trinajstić information content (AvgIpc) is 1.65. The monoisotopic (exact) mass is 114 g/mol. The summed E-state index contributed by atoms with van der Waals surface area (Å²) in [5.41, 5.74) is 0. The highest BCUT2D eigenvalue weighted by molar-refractivity contribution is 4.92. The van der Waals surface area contributed by atoms with Crippen molar-refractivity contribution >= 4 is 0 Å². The Balaban J connectivity index is 2.50. The van der Waals surface area contributed by atoms with Crippen LogP contribution < -0.4 is 0 Å². The molecule has 0 aromatic heterocycles. The summed E-state index contributed by atoms with van der Waals surface area (Å²) < 4.78 is 0. The summed E-state index contributed by atoms with van der Waals surface area (Å²) in [5.74, 6) is -1.41. The van der Waals surface area contributed by atoms with Gasteiger partial charge in [-0.2, -0.15) is 0 Å². The Labute approximate surface area is 48.5 Å². The van der Waals surface area contributed by atoms with E-state index in [1.165, 1.54) is 0 Å². The van der Waals surface area contributed by atoms with Crippen LogP contribution in [0.5, 0.6) is 0 Å². The van der Waals surface area contributed by atoms with Crippen LogP contribution in [0.4, 0.5) is 0 Å². The van der Waals surface area contributed by atoms with Crippen LogP contribution in [0.3, 0.4) is 0 Å². The molecule has 8 heavy (non-hydrogen) atoms. The van der Waals surface area contributed by atoms with Crippen LogP contribution in [0.2, 0.25) is 0 Å². The van der Waals surface area contributed by atoms with Crippen molar-refractivity contribution in [2.45, 2.75) is 25.0 Å². The van der Waals surface area contributed by atoms with Crippen LogP contribution in [0.25, 0.3) is 0 Å². The van der Waals surface area contributed by atoms with Crippen molar-refractivity contribution in [2.75, 3.05) is 0 Å². The molecule has 0 fully saturated rings. The van der Waals surface area contributed by atoms with Gasteiger partial charge < -0.3 is 10.2 Å².